The van der Waals surface area contributed by atoms with Gasteiger partial charge in [-0.25, -0.2) is 4.79 Å². The second-order valence-electron chi connectivity index (χ2n) is 4.21. The van der Waals surface area contributed by atoms with Crippen molar-refractivity contribution in [3.63, 3.8) is 0 Å². The molecule has 1 heterocycles. The second-order valence-corrected chi connectivity index (χ2v) is 4.21. The maximum atomic E-state index is 11.0. The van der Waals surface area contributed by atoms with E-state index in [1.807, 2.05) is 6.07 Å². The third-order valence-electron chi connectivity index (χ3n) is 2.46. The molecule has 0 atom stereocenters. The molecule has 0 unspecified atom stereocenters. The largest absolute Gasteiger partial charge is 0.514 e. The maximum absolute atomic E-state index is 11.0. The summed E-state index contributed by atoms with van der Waals surface area (Å²) in [4.78, 5) is 11.0. The van der Waals surface area contributed by atoms with Crippen LogP contribution >= 0.6 is 0 Å². The molecule has 0 bridgehead atoms. The third-order valence-corrected chi connectivity index (χ3v) is 2.46. The minimum Gasteiger partial charge on any atom is -0.420 e. The molecule has 4 heteroatoms. The van der Waals surface area contributed by atoms with Gasteiger partial charge in [-0.15, -0.1) is 0 Å². The molecule has 0 saturated carbocycles. The van der Waals surface area contributed by atoms with Gasteiger partial charge in [0.05, 0.1) is 11.6 Å². The maximum Gasteiger partial charge on any atom is 0.514 e. The van der Waals surface area contributed by atoms with Gasteiger partial charge in [-0.3, -0.25) is 0 Å². The Kier molecular flexibility index (Phi) is 2.60. The Hall–Kier alpha value is -2.28. The first-order valence-corrected chi connectivity index (χ1v) is 5.14. The molecule has 1 aromatic rings. The Morgan fingerprint density at radius 3 is 2.41 bits per heavy atom. The molecule has 0 N–H and O–H groups in total. The Morgan fingerprint density at radius 1 is 1.29 bits per heavy atom. The second kappa shape index (κ2) is 3.95. The van der Waals surface area contributed by atoms with Crippen LogP contribution in [0, 0.1) is 11.3 Å². The fourth-order valence-electron chi connectivity index (χ4n) is 1.50. The van der Waals surface area contributed by atoms with E-state index in [1.54, 1.807) is 44.2 Å². The molecule has 1 fully saturated rings. The van der Waals surface area contributed by atoms with Gasteiger partial charge in [0.2, 0.25) is 0 Å². The molecule has 0 radical (unpaired) electrons. The molecule has 17 heavy (non-hydrogen) atoms. The van der Waals surface area contributed by atoms with Gasteiger partial charge < -0.3 is 9.47 Å². The zero-order valence-corrected chi connectivity index (χ0v) is 9.56. The number of hydrogen-bond acceptors (Lipinski definition) is 4. The van der Waals surface area contributed by atoms with Gasteiger partial charge in [0, 0.05) is 0 Å². The first kappa shape index (κ1) is 11.2. The van der Waals surface area contributed by atoms with Crippen molar-refractivity contribution < 1.29 is 14.3 Å². The van der Waals surface area contributed by atoms with E-state index in [-0.39, 0.29) is 0 Å². The van der Waals surface area contributed by atoms with Crippen LogP contribution in [-0.2, 0) is 9.47 Å². The number of carbonyl (C=O) groups is 1. The summed E-state index contributed by atoms with van der Waals surface area (Å²) in [7, 11) is 0. The van der Waals surface area contributed by atoms with Crippen molar-refractivity contribution in [1.82, 2.24) is 0 Å². The zero-order valence-electron chi connectivity index (χ0n) is 9.56. The summed E-state index contributed by atoms with van der Waals surface area (Å²) in [5.41, 5.74) is 0.696. The van der Waals surface area contributed by atoms with E-state index >= 15 is 0 Å². The van der Waals surface area contributed by atoms with Crippen molar-refractivity contribution in [3.8, 4) is 6.07 Å². The predicted octanol–water partition coefficient (Wildman–Crippen LogP) is 2.84. The fraction of sp³-hybridized carbons (Fsp3) is 0.231. The minimum absolute atomic E-state index is 0.465. The molecule has 2 rings (SSSR count). The highest BCUT2D eigenvalue weighted by molar-refractivity contribution is 5.69. The van der Waals surface area contributed by atoms with Crippen LogP contribution in [0.25, 0.3) is 6.08 Å². The number of ether oxygens (including phenoxy) is 2. The van der Waals surface area contributed by atoms with E-state index in [0.717, 1.165) is 5.56 Å². The average Bonchev–Trinajstić information content (AvgIpc) is 2.53. The van der Waals surface area contributed by atoms with Crippen molar-refractivity contribution in [1.29, 1.82) is 5.26 Å². The summed E-state index contributed by atoms with van der Waals surface area (Å²) in [6, 6.07) is 9.02. The number of carbonyl (C=O) groups excluding carboxylic acids is 1. The van der Waals surface area contributed by atoms with Crippen LogP contribution < -0.4 is 0 Å². The highest BCUT2D eigenvalue weighted by atomic mass is 16.8. The van der Waals surface area contributed by atoms with Gasteiger partial charge >= 0.3 is 6.16 Å². The van der Waals surface area contributed by atoms with Gasteiger partial charge in [-0.05, 0) is 37.6 Å². The van der Waals surface area contributed by atoms with Crippen LogP contribution in [0.2, 0.25) is 0 Å². The molecule has 1 aliphatic rings. The Bertz CT molecular complexity index is 521. The van der Waals surface area contributed by atoms with E-state index < -0.39 is 11.8 Å². The molecular weight excluding hydrogens is 218 g/mol. The van der Waals surface area contributed by atoms with E-state index in [2.05, 4.69) is 0 Å². The summed E-state index contributed by atoms with van der Waals surface area (Å²) in [6.45, 7) is 3.51. The molecule has 0 aliphatic carbocycles. The molecule has 1 aliphatic heterocycles. The summed E-state index contributed by atoms with van der Waals surface area (Å²) < 4.78 is 9.97. The van der Waals surface area contributed by atoms with Gasteiger partial charge in [-0.2, -0.15) is 5.26 Å². The number of cyclic esters (lactones) is 2. The number of benzene rings is 1. The zero-order chi connectivity index (χ0) is 12.5. The molecular formula is C13H11NO3. The lowest BCUT2D eigenvalue weighted by atomic mass is 10.0. The van der Waals surface area contributed by atoms with Crippen LogP contribution in [-0.4, -0.2) is 11.8 Å². The molecule has 0 spiro atoms. The van der Waals surface area contributed by atoms with Gasteiger partial charge in [0.1, 0.15) is 0 Å². The number of hydrogen-bond donors (Lipinski definition) is 0. The van der Waals surface area contributed by atoms with Gasteiger partial charge in [-0.1, -0.05) is 12.1 Å². The quantitative estimate of drug-likeness (QED) is 0.695. The Labute approximate surface area is 99.1 Å². The van der Waals surface area contributed by atoms with Crippen LogP contribution in [0.15, 0.2) is 30.0 Å². The first-order valence-electron chi connectivity index (χ1n) is 5.14. The van der Waals surface area contributed by atoms with Crippen molar-refractivity contribution >= 4 is 12.2 Å². The van der Waals surface area contributed by atoms with Crippen molar-refractivity contribution in [2.24, 2.45) is 0 Å². The van der Waals surface area contributed by atoms with E-state index in [0.29, 0.717) is 11.3 Å². The van der Waals surface area contributed by atoms with Crippen molar-refractivity contribution in [2.45, 2.75) is 19.4 Å². The lowest BCUT2D eigenvalue weighted by Crippen LogP contribution is -2.20. The standard InChI is InChI=1S/C13H11NO3/c1-13(2)11(16-12(15)17-13)7-9-3-5-10(8-14)6-4-9/h3-7H,1-2H3/b11-7-. The van der Waals surface area contributed by atoms with E-state index in [4.69, 9.17) is 14.7 Å². The molecule has 0 aromatic heterocycles. The number of nitrogens with zero attached hydrogens (tertiary/aromatic N) is 1. The highest BCUT2D eigenvalue weighted by Gasteiger charge is 2.39. The molecule has 4 nitrogen and oxygen atoms in total. The Morgan fingerprint density at radius 2 is 1.94 bits per heavy atom. The predicted molar refractivity (Wildman–Crippen MR) is 60.8 cm³/mol. The molecule has 1 aromatic carbocycles. The highest BCUT2D eigenvalue weighted by Crippen LogP contribution is 2.31. The average molecular weight is 229 g/mol. The third kappa shape index (κ3) is 2.28. The SMILES string of the molecule is CC1(C)OC(=O)O/C1=C\c1ccc(C#N)cc1. The number of nitriles is 1. The van der Waals surface area contributed by atoms with Crippen molar-refractivity contribution in [3.05, 3.63) is 41.2 Å². The lowest BCUT2D eigenvalue weighted by Gasteiger charge is -2.13. The normalized spacial score (nSPS) is 19.6. The summed E-state index contributed by atoms with van der Waals surface area (Å²) in [5, 5.41) is 8.68. The number of rotatable bonds is 1. The molecule has 0 amide bonds. The summed E-state index contributed by atoms with van der Waals surface area (Å²) in [5.74, 6) is 0.465. The molecule has 1 saturated heterocycles. The molecule has 86 valence electrons. The van der Waals surface area contributed by atoms with Crippen LogP contribution in [0.5, 0.6) is 0 Å². The smallest absolute Gasteiger partial charge is 0.420 e. The van der Waals surface area contributed by atoms with Gasteiger partial charge in [0.25, 0.3) is 0 Å². The lowest BCUT2D eigenvalue weighted by molar-refractivity contribution is 0.0873. The first-order chi connectivity index (χ1) is 8.01. The fourth-order valence-corrected chi connectivity index (χ4v) is 1.50. The monoisotopic (exact) mass is 229 g/mol. The van der Waals surface area contributed by atoms with Gasteiger partial charge in [0.15, 0.2) is 11.4 Å². The topological polar surface area (TPSA) is 59.3 Å². The van der Waals surface area contributed by atoms with E-state index in [1.165, 1.54) is 0 Å². The summed E-state index contributed by atoms with van der Waals surface area (Å²) >= 11 is 0. The summed E-state index contributed by atoms with van der Waals surface area (Å²) in [6.07, 6.45) is 1.04. The van der Waals surface area contributed by atoms with E-state index in [9.17, 15) is 4.79 Å². The van der Waals surface area contributed by atoms with Crippen LogP contribution in [0.3, 0.4) is 0 Å². The minimum atomic E-state index is -0.745. The van der Waals surface area contributed by atoms with Crippen LogP contribution in [0.1, 0.15) is 25.0 Å². The van der Waals surface area contributed by atoms with Crippen LogP contribution in [0.4, 0.5) is 4.79 Å². The Balaban J connectivity index is 2.30. The van der Waals surface area contributed by atoms with Crippen molar-refractivity contribution in [2.75, 3.05) is 0 Å².